The average Bonchev–Trinajstić information content (AvgIpc) is 2.51. The van der Waals surface area contributed by atoms with E-state index in [0.29, 0.717) is 23.2 Å². The molecule has 3 amide bonds. The Morgan fingerprint density at radius 3 is 2.00 bits per heavy atom. The molecule has 0 spiro atoms. The van der Waals surface area contributed by atoms with E-state index >= 15 is 0 Å². The molecule has 0 bridgehead atoms. The van der Waals surface area contributed by atoms with Crippen molar-refractivity contribution in [2.45, 2.75) is 47.2 Å². The van der Waals surface area contributed by atoms with Crippen LogP contribution in [-0.2, 0) is 11.3 Å². The summed E-state index contributed by atoms with van der Waals surface area (Å²) >= 11 is 0. The first-order valence-corrected chi connectivity index (χ1v) is 8.25. The van der Waals surface area contributed by atoms with Crippen LogP contribution in [0.3, 0.4) is 0 Å². The molecule has 1 aromatic rings. The Bertz CT molecular complexity index is 610. The van der Waals surface area contributed by atoms with Gasteiger partial charge in [-0.05, 0) is 44.5 Å². The lowest BCUT2D eigenvalue weighted by Crippen LogP contribution is -2.31. The van der Waals surface area contributed by atoms with E-state index in [4.69, 9.17) is 0 Å². The SMILES string of the molecule is CCNC(=O)c1cc(CNC(=O)C(C)C)cc(C(=O)NC(C)C)c1. The molecule has 0 aliphatic heterocycles. The van der Waals surface area contributed by atoms with E-state index in [1.54, 1.807) is 18.2 Å². The van der Waals surface area contributed by atoms with Gasteiger partial charge in [-0.1, -0.05) is 13.8 Å². The number of amides is 3. The summed E-state index contributed by atoms with van der Waals surface area (Å²) in [6.45, 7) is 9.96. The zero-order valence-corrected chi connectivity index (χ0v) is 15.0. The molecule has 0 unspecified atom stereocenters. The van der Waals surface area contributed by atoms with Crippen LogP contribution in [0.1, 0.15) is 60.9 Å². The van der Waals surface area contributed by atoms with Gasteiger partial charge in [0.25, 0.3) is 11.8 Å². The van der Waals surface area contributed by atoms with Gasteiger partial charge >= 0.3 is 0 Å². The molecule has 0 aliphatic carbocycles. The molecule has 132 valence electrons. The predicted molar refractivity (Wildman–Crippen MR) is 93.7 cm³/mol. The second-order valence-corrected chi connectivity index (χ2v) is 6.28. The molecule has 24 heavy (non-hydrogen) atoms. The maximum Gasteiger partial charge on any atom is 0.251 e. The van der Waals surface area contributed by atoms with Crippen LogP contribution in [0.15, 0.2) is 18.2 Å². The first kappa shape index (κ1) is 19.7. The number of nitrogens with one attached hydrogen (secondary N) is 3. The third-order valence-electron chi connectivity index (χ3n) is 3.27. The Labute approximate surface area is 143 Å². The number of hydrogen-bond donors (Lipinski definition) is 3. The average molecular weight is 333 g/mol. The lowest BCUT2D eigenvalue weighted by Gasteiger charge is -2.13. The number of hydrogen-bond acceptors (Lipinski definition) is 3. The normalized spacial score (nSPS) is 10.6. The first-order valence-electron chi connectivity index (χ1n) is 8.25. The highest BCUT2D eigenvalue weighted by Gasteiger charge is 2.14. The van der Waals surface area contributed by atoms with Crippen LogP contribution >= 0.6 is 0 Å². The smallest absolute Gasteiger partial charge is 0.251 e. The quantitative estimate of drug-likeness (QED) is 0.711. The fourth-order valence-electron chi connectivity index (χ4n) is 2.06. The molecule has 0 radical (unpaired) electrons. The van der Waals surface area contributed by atoms with Crippen LogP contribution in [0.4, 0.5) is 0 Å². The maximum absolute atomic E-state index is 12.3. The molecule has 0 aromatic heterocycles. The highest BCUT2D eigenvalue weighted by Crippen LogP contribution is 2.12. The van der Waals surface area contributed by atoms with Crippen LogP contribution < -0.4 is 16.0 Å². The molecular weight excluding hydrogens is 306 g/mol. The van der Waals surface area contributed by atoms with E-state index in [-0.39, 0.29) is 36.2 Å². The van der Waals surface area contributed by atoms with Gasteiger partial charge in [-0.15, -0.1) is 0 Å². The maximum atomic E-state index is 12.3. The largest absolute Gasteiger partial charge is 0.352 e. The van der Waals surface area contributed by atoms with Crippen LogP contribution in [0, 0.1) is 5.92 Å². The molecule has 3 N–H and O–H groups in total. The van der Waals surface area contributed by atoms with Crippen LogP contribution in [0.25, 0.3) is 0 Å². The van der Waals surface area contributed by atoms with E-state index < -0.39 is 0 Å². The Morgan fingerprint density at radius 2 is 1.50 bits per heavy atom. The van der Waals surface area contributed by atoms with Gasteiger partial charge in [-0.25, -0.2) is 0 Å². The van der Waals surface area contributed by atoms with Crippen molar-refractivity contribution in [1.82, 2.24) is 16.0 Å². The molecule has 0 heterocycles. The second-order valence-electron chi connectivity index (χ2n) is 6.28. The standard InChI is InChI=1S/C18H27N3O3/c1-6-19-17(23)14-7-13(10-20-16(22)11(2)3)8-15(9-14)18(24)21-12(4)5/h7-9,11-12H,6,10H2,1-5H3,(H,19,23)(H,20,22)(H,21,24). The van der Waals surface area contributed by atoms with Crippen molar-refractivity contribution < 1.29 is 14.4 Å². The molecule has 0 saturated carbocycles. The minimum atomic E-state index is -0.243. The van der Waals surface area contributed by atoms with E-state index in [1.807, 2.05) is 34.6 Å². The summed E-state index contributed by atoms with van der Waals surface area (Å²) in [5.41, 5.74) is 1.52. The van der Waals surface area contributed by atoms with Gasteiger partial charge in [-0.2, -0.15) is 0 Å². The van der Waals surface area contributed by atoms with Gasteiger partial charge in [0.15, 0.2) is 0 Å². The molecule has 1 rings (SSSR count). The van der Waals surface area contributed by atoms with Crippen molar-refractivity contribution in [1.29, 1.82) is 0 Å². The zero-order valence-electron chi connectivity index (χ0n) is 15.0. The summed E-state index contributed by atoms with van der Waals surface area (Å²) < 4.78 is 0. The molecule has 6 nitrogen and oxygen atoms in total. The van der Waals surface area contributed by atoms with Crippen molar-refractivity contribution >= 4 is 17.7 Å². The highest BCUT2D eigenvalue weighted by molar-refractivity contribution is 6.00. The topological polar surface area (TPSA) is 87.3 Å². The molecule has 0 atom stereocenters. The van der Waals surface area contributed by atoms with E-state index in [9.17, 15) is 14.4 Å². The summed E-state index contributed by atoms with van der Waals surface area (Å²) in [4.78, 5) is 36.1. The number of benzene rings is 1. The highest BCUT2D eigenvalue weighted by atomic mass is 16.2. The Kier molecular flexibility index (Phi) is 7.42. The van der Waals surface area contributed by atoms with Crippen molar-refractivity contribution in [3.8, 4) is 0 Å². The van der Waals surface area contributed by atoms with Crippen molar-refractivity contribution in [3.05, 3.63) is 34.9 Å². The summed E-state index contributed by atoms with van der Waals surface area (Å²) in [6.07, 6.45) is 0. The molecule has 1 aromatic carbocycles. The van der Waals surface area contributed by atoms with Gasteiger partial charge in [0.05, 0.1) is 0 Å². The summed E-state index contributed by atoms with van der Waals surface area (Å²) in [7, 11) is 0. The minimum Gasteiger partial charge on any atom is -0.352 e. The van der Waals surface area contributed by atoms with Crippen LogP contribution in [-0.4, -0.2) is 30.3 Å². The number of carbonyl (C=O) groups is 3. The molecule has 0 saturated heterocycles. The van der Waals surface area contributed by atoms with E-state index in [1.165, 1.54) is 0 Å². The molecule has 6 heteroatoms. The first-order chi connectivity index (χ1) is 11.2. The van der Waals surface area contributed by atoms with E-state index in [0.717, 1.165) is 0 Å². The van der Waals surface area contributed by atoms with Gasteiger partial charge in [-0.3, -0.25) is 14.4 Å². The number of carbonyl (C=O) groups excluding carboxylic acids is 3. The lowest BCUT2D eigenvalue weighted by molar-refractivity contribution is -0.124. The van der Waals surface area contributed by atoms with Gasteiger partial charge in [0, 0.05) is 36.2 Å². The van der Waals surface area contributed by atoms with Crippen molar-refractivity contribution in [2.24, 2.45) is 5.92 Å². The summed E-state index contributed by atoms with van der Waals surface area (Å²) in [5.74, 6) is -0.687. The Balaban J connectivity index is 3.08. The van der Waals surface area contributed by atoms with Gasteiger partial charge in [0.1, 0.15) is 0 Å². The summed E-state index contributed by atoms with van der Waals surface area (Å²) in [5, 5.41) is 8.33. The monoisotopic (exact) mass is 333 g/mol. The lowest BCUT2D eigenvalue weighted by atomic mass is 10.0. The number of rotatable bonds is 7. The zero-order chi connectivity index (χ0) is 18.3. The second kappa shape index (κ2) is 9.05. The van der Waals surface area contributed by atoms with Gasteiger partial charge < -0.3 is 16.0 Å². The Morgan fingerprint density at radius 1 is 0.917 bits per heavy atom. The third-order valence-corrected chi connectivity index (χ3v) is 3.27. The summed E-state index contributed by atoms with van der Waals surface area (Å²) in [6, 6.07) is 4.95. The molecule has 0 aliphatic rings. The molecular formula is C18H27N3O3. The van der Waals surface area contributed by atoms with E-state index in [2.05, 4.69) is 16.0 Å². The fraction of sp³-hybridized carbons (Fsp3) is 0.500. The predicted octanol–water partition coefficient (Wildman–Crippen LogP) is 1.85. The van der Waals surface area contributed by atoms with Gasteiger partial charge in [0.2, 0.25) is 5.91 Å². The fourth-order valence-corrected chi connectivity index (χ4v) is 2.06. The third kappa shape index (κ3) is 6.02. The van der Waals surface area contributed by atoms with Crippen molar-refractivity contribution in [3.63, 3.8) is 0 Å². The van der Waals surface area contributed by atoms with Crippen molar-refractivity contribution in [2.75, 3.05) is 6.54 Å². The Hall–Kier alpha value is -2.37. The molecule has 0 fully saturated rings. The minimum absolute atomic E-state index is 0.00489. The van der Waals surface area contributed by atoms with Crippen LogP contribution in [0.2, 0.25) is 0 Å². The van der Waals surface area contributed by atoms with Crippen LogP contribution in [0.5, 0.6) is 0 Å².